The van der Waals surface area contributed by atoms with Crippen LogP contribution in [0.2, 0.25) is 0 Å². The second kappa shape index (κ2) is 10.4. The van der Waals surface area contributed by atoms with Gasteiger partial charge in [-0.25, -0.2) is 4.39 Å². The van der Waals surface area contributed by atoms with Crippen molar-refractivity contribution in [1.29, 1.82) is 0 Å². The summed E-state index contributed by atoms with van der Waals surface area (Å²) in [5.74, 6) is 1.79. The summed E-state index contributed by atoms with van der Waals surface area (Å²) in [6.45, 7) is 2.30. The summed E-state index contributed by atoms with van der Waals surface area (Å²) in [5.41, 5.74) is 2.49. The summed E-state index contributed by atoms with van der Waals surface area (Å²) in [5, 5.41) is 0. The zero-order chi connectivity index (χ0) is 25.2. The zero-order valence-corrected chi connectivity index (χ0v) is 19.8. The van der Waals surface area contributed by atoms with E-state index in [9.17, 15) is 26.3 Å². The third-order valence-corrected chi connectivity index (χ3v) is 7.88. The topological polar surface area (TPSA) is 9.23 Å². The smallest absolute Gasteiger partial charge is 0.430 e. The normalized spacial score (nSPS) is 26.8. The van der Waals surface area contributed by atoms with Gasteiger partial charge in [0.15, 0.2) is 0 Å². The molecule has 0 bridgehead atoms. The molecule has 0 radical (unpaired) electrons. The van der Waals surface area contributed by atoms with Crippen molar-refractivity contribution in [3.63, 3.8) is 0 Å². The first-order chi connectivity index (χ1) is 16.5. The lowest BCUT2D eigenvalue weighted by Gasteiger charge is -2.38. The van der Waals surface area contributed by atoms with E-state index in [-0.39, 0.29) is 5.92 Å². The molecule has 192 valence electrons. The van der Waals surface area contributed by atoms with Crippen LogP contribution in [0.1, 0.15) is 69.8 Å². The van der Waals surface area contributed by atoms with E-state index < -0.39 is 24.2 Å². The predicted molar refractivity (Wildman–Crippen MR) is 124 cm³/mol. The summed E-state index contributed by atoms with van der Waals surface area (Å²) in [6.07, 6.45) is -6.24. The molecule has 0 N–H and O–H groups in total. The van der Waals surface area contributed by atoms with E-state index in [1.54, 1.807) is 6.07 Å². The molecule has 2 fully saturated rings. The predicted octanol–water partition coefficient (Wildman–Crippen LogP) is 9.33. The molecule has 4 rings (SSSR count). The van der Waals surface area contributed by atoms with Crippen LogP contribution >= 0.6 is 0 Å². The van der Waals surface area contributed by atoms with Crippen molar-refractivity contribution in [2.24, 2.45) is 17.8 Å². The molecule has 0 heterocycles. The Hall–Kier alpha value is -2.18. The van der Waals surface area contributed by atoms with Crippen LogP contribution in [0.25, 0.3) is 11.1 Å². The van der Waals surface area contributed by atoms with Gasteiger partial charge >= 0.3 is 12.3 Å². The minimum Gasteiger partial charge on any atom is -0.430 e. The molecule has 1 nitrogen and oxygen atoms in total. The molecule has 0 amide bonds. The van der Waals surface area contributed by atoms with E-state index in [1.165, 1.54) is 37.8 Å². The molecular formula is C28H32F6O. The Balaban J connectivity index is 1.56. The Morgan fingerprint density at radius 3 is 1.91 bits per heavy atom. The SMILES string of the molecule is CC1CCC(C2CCC(c3cc(OC(F)(F)C(F)C(F)(F)F)ccc3-c3ccccc3)CC2)CC1. The molecule has 7 heteroatoms. The number of hydrogen-bond donors (Lipinski definition) is 0. The highest BCUT2D eigenvalue weighted by Crippen LogP contribution is 2.47. The molecule has 2 aliphatic carbocycles. The second-order valence-corrected chi connectivity index (χ2v) is 10.3. The quantitative estimate of drug-likeness (QED) is 0.361. The van der Waals surface area contributed by atoms with Crippen molar-refractivity contribution >= 4 is 0 Å². The van der Waals surface area contributed by atoms with E-state index in [2.05, 4.69) is 11.7 Å². The summed E-state index contributed by atoms with van der Waals surface area (Å²) < 4.78 is 83.4. The van der Waals surface area contributed by atoms with Crippen LogP contribution in [0, 0.1) is 17.8 Å². The Morgan fingerprint density at radius 1 is 0.771 bits per heavy atom. The third kappa shape index (κ3) is 6.15. The first-order valence-electron chi connectivity index (χ1n) is 12.5. The first kappa shape index (κ1) is 25.9. The average Bonchev–Trinajstić information content (AvgIpc) is 2.84. The highest BCUT2D eigenvalue weighted by atomic mass is 19.4. The Morgan fingerprint density at radius 2 is 1.34 bits per heavy atom. The summed E-state index contributed by atoms with van der Waals surface area (Å²) in [6, 6.07) is 13.6. The molecule has 0 aromatic heterocycles. The van der Waals surface area contributed by atoms with Crippen LogP contribution in [0.3, 0.4) is 0 Å². The number of halogens is 6. The fraction of sp³-hybridized carbons (Fsp3) is 0.571. The zero-order valence-electron chi connectivity index (χ0n) is 19.8. The number of ether oxygens (including phenoxy) is 1. The number of benzene rings is 2. The van der Waals surface area contributed by atoms with Crippen molar-refractivity contribution in [1.82, 2.24) is 0 Å². The van der Waals surface area contributed by atoms with E-state index >= 15 is 0 Å². The Labute approximate surface area is 202 Å². The van der Waals surface area contributed by atoms with Crippen molar-refractivity contribution in [2.45, 2.75) is 82.7 Å². The molecule has 2 aromatic carbocycles. The van der Waals surface area contributed by atoms with Gasteiger partial charge in [0.25, 0.3) is 6.17 Å². The van der Waals surface area contributed by atoms with Gasteiger partial charge in [0, 0.05) is 0 Å². The van der Waals surface area contributed by atoms with Gasteiger partial charge in [-0.3, -0.25) is 0 Å². The van der Waals surface area contributed by atoms with Gasteiger partial charge in [-0.05, 0) is 91.0 Å². The highest BCUT2D eigenvalue weighted by Gasteiger charge is 2.59. The van der Waals surface area contributed by atoms with Gasteiger partial charge in [-0.2, -0.15) is 22.0 Å². The van der Waals surface area contributed by atoms with Crippen molar-refractivity contribution in [2.75, 3.05) is 0 Å². The standard InChI is InChI=1S/C28H32F6O/c1-18-7-9-19(10-8-18)20-11-13-22(14-12-20)25-17-23(35-28(33,34)26(29)27(30,31)32)15-16-24(25)21-5-3-2-4-6-21/h2-6,15-20,22,26H,7-14H2,1H3. The monoisotopic (exact) mass is 498 g/mol. The van der Waals surface area contributed by atoms with E-state index in [0.29, 0.717) is 5.92 Å². The third-order valence-electron chi connectivity index (χ3n) is 7.88. The lowest BCUT2D eigenvalue weighted by atomic mass is 9.68. The summed E-state index contributed by atoms with van der Waals surface area (Å²) in [7, 11) is 0. The molecule has 1 unspecified atom stereocenters. The lowest BCUT2D eigenvalue weighted by Crippen LogP contribution is -2.45. The second-order valence-electron chi connectivity index (χ2n) is 10.3. The van der Waals surface area contributed by atoms with Gasteiger partial charge in [0.2, 0.25) is 0 Å². The molecule has 1 atom stereocenters. The molecule has 35 heavy (non-hydrogen) atoms. The molecule has 2 aliphatic rings. The van der Waals surface area contributed by atoms with Crippen molar-refractivity contribution in [3.05, 3.63) is 54.1 Å². The van der Waals surface area contributed by atoms with Crippen LogP contribution < -0.4 is 4.74 Å². The summed E-state index contributed by atoms with van der Waals surface area (Å²) >= 11 is 0. The van der Waals surface area contributed by atoms with E-state index in [0.717, 1.165) is 54.2 Å². The van der Waals surface area contributed by atoms with Crippen LogP contribution in [-0.4, -0.2) is 18.5 Å². The molecular weight excluding hydrogens is 466 g/mol. The van der Waals surface area contributed by atoms with Gasteiger partial charge in [0.1, 0.15) is 5.75 Å². The summed E-state index contributed by atoms with van der Waals surface area (Å²) in [4.78, 5) is 0. The molecule has 0 aliphatic heterocycles. The average molecular weight is 499 g/mol. The van der Waals surface area contributed by atoms with Crippen LogP contribution in [-0.2, 0) is 0 Å². The van der Waals surface area contributed by atoms with Gasteiger partial charge in [-0.1, -0.05) is 56.2 Å². The Bertz CT molecular complexity index is 957. The van der Waals surface area contributed by atoms with E-state index in [4.69, 9.17) is 0 Å². The van der Waals surface area contributed by atoms with Crippen molar-refractivity contribution in [3.8, 4) is 16.9 Å². The minimum atomic E-state index is -5.72. The molecule has 0 saturated heterocycles. The van der Waals surface area contributed by atoms with Crippen molar-refractivity contribution < 1.29 is 31.1 Å². The van der Waals surface area contributed by atoms with Gasteiger partial charge in [-0.15, -0.1) is 0 Å². The number of hydrogen-bond acceptors (Lipinski definition) is 1. The number of alkyl halides is 6. The lowest BCUT2D eigenvalue weighted by molar-refractivity contribution is -0.304. The maximum absolute atomic E-state index is 14.0. The van der Waals surface area contributed by atoms with Gasteiger partial charge < -0.3 is 4.74 Å². The first-order valence-corrected chi connectivity index (χ1v) is 12.5. The number of rotatable bonds is 6. The van der Waals surface area contributed by atoms with E-state index in [1.807, 2.05) is 30.3 Å². The molecule has 0 spiro atoms. The largest absolute Gasteiger partial charge is 0.439 e. The van der Waals surface area contributed by atoms with Crippen LogP contribution in [0.5, 0.6) is 5.75 Å². The fourth-order valence-corrected chi connectivity index (χ4v) is 5.88. The van der Waals surface area contributed by atoms with Crippen LogP contribution in [0.15, 0.2) is 48.5 Å². The Kier molecular flexibility index (Phi) is 7.72. The maximum atomic E-state index is 14.0. The molecule has 2 aromatic rings. The highest BCUT2D eigenvalue weighted by molar-refractivity contribution is 5.69. The maximum Gasteiger partial charge on any atom is 0.439 e. The fourth-order valence-electron chi connectivity index (χ4n) is 5.88. The van der Waals surface area contributed by atoms with Gasteiger partial charge in [0.05, 0.1) is 0 Å². The van der Waals surface area contributed by atoms with Crippen LogP contribution in [0.4, 0.5) is 26.3 Å². The minimum absolute atomic E-state index is 0.0740. The molecule has 2 saturated carbocycles.